The predicted molar refractivity (Wildman–Crippen MR) is 84.1 cm³/mol. The van der Waals surface area contributed by atoms with E-state index in [0.717, 1.165) is 18.6 Å². The second kappa shape index (κ2) is 7.11. The van der Waals surface area contributed by atoms with Gasteiger partial charge in [-0.1, -0.05) is 42.0 Å². The molecule has 2 rings (SSSR count). The Balaban J connectivity index is 1.76. The van der Waals surface area contributed by atoms with E-state index in [1.807, 2.05) is 18.2 Å². The Morgan fingerprint density at radius 1 is 1.00 bits per heavy atom. The van der Waals surface area contributed by atoms with Gasteiger partial charge in [-0.15, -0.1) is 0 Å². The molecule has 20 heavy (non-hydrogen) atoms. The van der Waals surface area contributed by atoms with E-state index in [1.165, 1.54) is 16.7 Å². The zero-order valence-electron chi connectivity index (χ0n) is 12.3. The minimum Gasteiger partial charge on any atom is -0.494 e. The molecule has 0 saturated heterocycles. The third-order valence-electron chi connectivity index (χ3n) is 3.33. The van der Waals surface area contributed by atoms with Crippen LogP contribution in [0.1, 0.15) is 23.1 Å². The van der Waals surface area contributed by atoms with Gasteiger partial charge in [-0.2, -0.15) is 0 Å². The summed E-state index contributed by atoms with van der Waals surface area (Å²) in [4.78, 5) is 0. The fraction of sp³-hybridized carbons (Fsp3) is 0.333. The molecule has 1 unspecified atom stereocenters. The van der Waals surface area contributed by atoms with Crippen molar-refractivity contribution in [2.45, 2.75) is 32.7 Å². The number of hydrogen-bond donors (Lipinski definition) is 1. The minimum absolute atomic E-state index is 0.140. The monoisotopic (exact) mass is 269 g/mol. The lowest BCUT2D eigenvalue weighted by molar-refractivity contribution is 0.297. The van der Waals surface area contributed by atoms with E-state index in [-0.39, 0.29) is 6.04 Å². The maximum Gasteiger partial charge on any atom is 0.119 e. The van der Waals surface area contributed by atoms with Crippen LogP contribution >= 0.6 is 0 Å². The van der Waals surface area contributed by atoms with Crippen molar-refractivity contribution in [2.24, 2.45) is 5.73 Å². The zero-order valence-corrected chi connectivity index (χ0v) is 12.3. The van der Waals surface area contributed by atoms with Crippen LogP contribution in [0.4, 0.5) is 0 Å². The molecule has 0 spiro atoms. The topological polar surface area (TPSA) is 35.2 Å². The Labute approximate surface area is 121 Å². The van der Waals surface area contributed by atoms with Crippen LogP contribution in [-0.2, 0) is 6.42 Å². The molecule has 0 saturated carbocycles. The van der Waals surface area contributed by atoms with Crippen molar-refractivity contribution < 1.29 is 4.74 Å². The zero-order chi connectivity index (χ0) is 14.4. The summed E-state index contributed by atoms with van der Waals surface area (Å²) in [5, 5.41) is 0. The molecule has 0 bridgehead atoms. The van der Waals surface area contributed by atoms with E-state index in [1.54, 1.807) is 0 Å². The van der Waals surface area contributed by atoms with Gasteiger partial charge in [-0.05, 0) is 49.9 Å². The first-order chi connectivity index (χ1) is 9.63. The number of aryl methyl sites for hydroxylation is 2. The molecule has 0 aliphatic rings. The van der Waals surface area contributed by atoms with Crippen molar-refractivity contribution in [3.05, 3.63) is 65.2 Å². The van der Waals surface area contributed by atoms with Crippen LogP contribution < -0.4 is 10.5 Å². The normalized spacial score (nSPS) is 12.2. The first kappa shape index (κ1) is 14.6. The van der Waals surface area contributed by atoms with Crippen molar-refractivity contribution >= 4 is 0 Å². The van der Waals surface area contributed by atoms with Crippen LogP contribution in [0.5, 0.6) is 5.75 Å². The van der Waals surface area contributed by atoms with Crippen LogP contribution in [0, 0.1) is 13.8 Å². The molecule has 2 N–H and O–H groups in total. The van der Waals surface area contributed by atoms with Gasteiger partial charge in [0, 0.05) is 6.04 Å². The smallest absolute Gasteiger partial charge is 0.119 e. The van der Waals surface area contributed by atoms with Crippen LogP contribution in [0.2, 0.25) is 0 Å². The molecular weight excluding hydrogens is 246 g/mol. The molecule has 2 nitrogen and oxygen atoms in total. The van der Waals surface area contributed by atoms with Gasteiger partial charge >= 0.3 is 0 Å². The first-order valence-corrected chi connectivity index (χ1v) is 7.14. The first-order valence-electron chi connectivity index (χ1n) is 7.14. The summed E-state index contributed by atoms with van der Waals surface area (Å²) in [5.41, 5.74) is 9.97. The van der Waals surface area contributed by atoms with Crippen molar-refractivity contribution in [1.82, 2.24) is 0 Å². The van der Waals surface area contributed by atoms with Crippen molar-refractivity contribution in [2.75, 3.05) is 6.61 Å². The Morgan fingerprint density at radius 3 is 2.40 bits per heavy atom. The molecule has 106 valence electrons. The Morgan fingerprint density at radius 2 is 1.70 bits per heavy atom. The molecule has 2 aromatic rings. The standard InChI is InChI=1S/C18H23NO/c1-14-5-3-7-16(11-14)13-17(19)9-10-20-18-8-4-6-15(2)12-18/h3-8,11-12,17H,9-10,13,19H2,1-2H3. The van der Waals surface area contributed by atoms with E-state index in [4.69, 9.17) is 10.5 Å². The largest absolute Gasteiger partial charge is 0.494 e. The van der Waals surface area contributed by atoms with E-state index < -0.39 is 0 Å². The third kappa shape index (κ3) is 4.71. The molecule has 0 radical (unpaired) electrons. The van der Waals surface area contributed by atoms with E-state index in [9.17, 15) is 0 Å². The summed E-state index contributed by atoms with van der Waals surface area (Å²) in [6, 6.07) is 16.8. The number of hydrogen-bond acceptors (Lipinski definition) is 2. The van der Waals surface area contributed by atoms with E-state index in [2.05, 4.69) is 44.2 Å². The van der Waals surface area contributed by atoms with Gasteiger partial charge in [0.1, 0.15) is 5.75 Å². The molecule has 0 amide bonds. The van der Waals surface area contributed by atoms with Gasteiger partial charge in [-0.25, -0.2) is 0 Å². The van der Waals surface area contributed by atoms with Gasteiger partial charge in [-0.3, -0.25) is 0 Å². The van der Waals surface area contributed by atoms with Crippen molar-refractivity contribution in [3.63, 3.8) is 0 Å². The SMILES string of the molecule is Cc1cccc(CC(N)CCOc2cccc(C)c2)c1. The molecule has 2 aromatic carbocycles. The number of benzene rings is 2. The van der Waals surface area contributed by atoms with E-state index >= 15 is 0 Å². The maximum atomic E-state index is 6.17. The molecule has 0 heterocycles. The van der Waals surface area contributed by atoms with Crippen LogP contribution in [0.25, 0.3) is 0 Å². The Hall–Kier alpha value is -1.80. The second-order valence-electron chi connectivity index (χ2n) is 5.41. The van der Waals surface area contributed by atoms with Crippen LogP contribution in [0.3, 0.4) is 0 Å². The highest BCUT2D eigenvalue weighted by Crippen LogP contribution is 2.13. The lowest BCUT2D eigenvalue weighted by atomic mass is 10.0. The summed E-state index contributed by atoms with van der Waals surface area (Å²) < 4.78 is 5.74. The van der Waals surface area contributed by atoms with Gasteiger partial charge in [0.25, 0.3) is 0 Å². The minimum atomic E-state index is 0.140. The molecular formula is C18H23NO. The molecule has 0 aliphatic heterocycles. The maximum absolute atomic E-state index is 6.17. The third-order valence-corrected chi connectivity index (χ3v) is 3.33. The van der Waals surface area contributed by atoms with E-state index in [0.29, 0.717) is 6.61 Å². The fourth-order valence-electron chi connectivity index (χ4n) is 2.28. The lowest BCUT2D eigenvalue weighted by Crippen LogP contribution is -2.25. The summed E-state index contributed by atoms with van der Waals surface area (Å²) >= 11 is 0. The van der Waals surface area contributed by atoms with Gasteiger partial charge in [0.2, 0.25) is 0 Å². The number of rotatable bonds is 6. The highest BCUT2D eigenvalue weighted by Gasteiger charge is 2.05. The fourth-order valence-corrected chi connectivity index (χ4v) is 2.28. The Bertz CT molecular complexity index is 551. The molecule has 1 atom stereocenters. The molecule has 2 heteroatoms. The van der Waals surface area contributed by atoms with Gasteiger partial charge in [0.05, 0.1) is 6.61 Å². The Kier molecular flexibility index (Phi) is 5.19. The summed E-state index contributed by atoms with van der Waals surface area (Å²) in [6.45, 7) is 4.84. The van der Waals surface area contributed by atoms with Crippen LogP contribution in [0.15, 0.2) is 48.5 Å². The van der Waals surface area contributed by atoms with Gasteiger partial charge in [0.15, 0.2) is 0 Å². The predicted octanol–water partition coefficient (Wildman–Crippen LogP) is 3.64. The number of nitrogens with two attached hydrogens (primary N) is 1. The highest BCUT2D eigenvalue weighted by atomic mass is 16.5. The summed E-state index contributed by atoms with van der Waals surface area (Å²) in [5.74, 6) is 0.924. The average molecular weight is 269 g/mol. The lowest BCUT2D eigenvalue weighted by Gasteiger charge is -2.13. The average Bonchev–Trinajstić information content (AvgIpc) is 2.38. The summed E-state index contributed by atoms with van der Waals surface area (Å²) in [7, 11) is 0. The molecule has 0 fully saturated rings. The number of ether oxygens (including phenoxy) is 1. The van der Waals surface area contributed by atoms with Crippen LogP contribution in [-0.4, -0.2) is 12.6 Å². The highest BCUT2D eigenvalue weighted by molar-refractivity contribution is 5.27. The molecule has 0 aromatic heterocycles. The van der Waals surface area contributed by atoms with Crippen molar-refractivity contribution in [3.8, 4) is 5.75 Å². The van der Waals surface area contributed by atoms with Crippen molar-refractivity contribution in [1.29, 1.82) is 0 Å². The summed E-state index contributed by atoms with van der Waals surface area (Å²) in [6.07, 6.45) is 1.76. The van der Waals surface area contributed by atoms with Gasteiger partial charge < -0.3 is 10.5 Å². The quantitative estimate of drug-likeness (QED) is 0.869. The molecule has 0 aliphatic carbocycles. The second-order valence-corrected chi connectivity index (χ2v) is 5.41.